The van der Waals surface area contributed by atoms with E-state index in [-0.39, 0.29) is 0 Å². The third-order valence-corrected chi connectivity index (χ3v) is 2.95. The maximum atomic E-state index is 6.03. The van der Waals surface area contributed by atoms with E-state index in [9.17, 15) is 0 Å². The molecule has 76 valence electrons. The number of rotatable bonds is 5. The van der Waals surface area contributed by atoms with Gasteiger partial charge in [0.1, 0.15) is 0 Å². The number of aromatic nitrogens is 1. The number of aryl methyl sites for hydroxylation is 1. The van der Waals surface area contributed by atoms with E-state index in [1.807, 2.05) is 18.5 Å². The highest BCUT2D eigenvalue weighted by molar-refractivity contribution is 5.08. The van der Waals surface area contributed by atoms with E-state index in [1.54, 1.807) is 0 Å². The summed E-state index contributed by atoms with van der Waals surface area (Å²) in [5.74, 6) is 0.837. The van der Waals surface area contributed by atoms with E-state index in [1.165, 1.54) is 31.2 Å². The van der Waals surface area contributed by atoms with Crippen LogP contribution in [0.4, 0.5) is 0 Å². The Hall–Kier alpha value is -0.890. The van der Waals surface area contributed by atoms with E-state index in [2.05, 4.69) is 11.1 Å². The molecule has 1 aromatic heterocycles. The fourth-order valence-corrected chi connectivity index (χ4v) is 1.85. The van der Waals surface area contributed by atoms with Crippen LogP contribution in [0, 0.1) is 5.92 Å². The van der Waals surface area contributed by atoms with E-state index < -0.39 is 0 Å². The largest absolute Gasteiger partial charge is 0.327 e. The summed E-state index contributed by atoms with van der Waals surface area (Å²) in [6.45, 7) is 0. The predicted octanol–water partition coefficient (Wildman–Crippen LogP) is 2.14. The summed E-state index contributed by atoms with van der Waals surface area (Å²) in [4.78, 5) is 4.10. The SMILES string of the molecule is NC(CCCc1cccnc1)C1CC1. The Morgan fingerprint density at radius 2 is 2.36 bits per heavy atom. The Morgan fingerprint density at radius 1 is 1.50 bits per heavy atom. The highest BCUT2D eigenvalue weighted by Gasteiger charge is 2.27. The molecule has 2 N–H and O–H groups in total. The van der Waals surface area contributed by atoms with E-state index in [0.717, 1.165) is 12.3 Å². The highest BCUT2D eigenvalue weighted by Crippen LogP contribution is 2.33. The molecule has 14 heavy (non-hydrogen) atoms. The van der Waals surface area contributed by atoms with Gasteiger partial charge in [0, 0.05) is 18.4 Å². The maximum absolute atomic E-state index is 6.03. The average molecular weight is 190 g/mol. The van der Waals surface area contributed by atoms with Crippen LogP contribution < -0.4 is 5.73 Å². The van der Waals surface area contributed by atoms with Crippen molar-refractivity contribution in [2.45, 2.75) is 38.1 Å². The lowest BCUT2D eigenvalue weighted by Gasteiger charge is -2.09. The monoisotopic (exact) mass is 190 g/mol. The Morgan fingerprint density at radius 3 is 3.00 bits per heavy atom. The summed E-state index contributed by atoms with van der Waals surface area (Å²) in [6.07, 6.45) is 9.96. The molecule has 1 aromatic rings. The molecule has 0 spiro atoms. The third kappa shape index (κ3) is 2.81. The van der Waals surface area contributed by atoms with Crippen LogP contribution in [-0.2, 0) is 6.42 Å². The van der Waals surface area contributed by atoms with Gasteiger partial charge in [-0.05, 0) is 49.7 Å². The highest BCUT2D eigenvalue weighted by atomic mass is 14.7. The summed E-state index contributed by atoms with van der Waals surface area (Å²) in [5, 5.41) is 0. The minimum absolute atomic E-state index is 0.451. The van der Waals surface area contributed by atoms with Gasteiger partial charge in [0.25, 0.3) is 0 Å². The molecule has 0 radical (unpaired) electrons. The lowest BCUT2D eigenvalue weighted by molar-refractivity contribution is 0.528. The minimum Gasteiger partial charge on any atom is -0.327 e. The zero-order valence-electron chi connectivity index (χ0n) is 8.52. The Labute approximate surface area is 85.5 Å². The molecule has 1 fully saturated rings. The van der Waals surface area contributed by atoms with Crippen LogP contribution >= 0.6 is 0 Å². The maximum Gasteiger partial charge on any atom is 0.0299 e. The van der Waals surface area contributed by atoms with Crippen LogP contribution in [0.2, 0.25) is 0 Å². The predicted molar refractivity (Wildman–Crippen MR) is 57.9 cm³/mol. The van der Waals surface area contributed by atoms with Gasteiger partial charge in [0.05, 0.1) is 0 Å². The average Bonchev–Trinajstić information content (AvgIpc) is 3.02. The van der Waals surface area contributed by atoms with Gasteiger partial charge in [-0.3, -0.25) is 4.98 Å². The second-order valence-electron chi connectivity index (χ2n) is 4.25. The summed E-state index contributed by atoms with van der Waals surface area (Å²) >= 11 is 0. The minimum atomic E-state index is 0.451. The zero-order chi connectivity index (χ0) is 9.80. The van der Waals surface area contributed by atoms with Gasteiger partial charge in [-0.1, -0.05) is 6.07 Å². The van der Waals surface area contributed by atoms with Gasteiger partial charge in [-0.25, -0.2) is 0 Å². The van der Waals surface area contributed by atoms with Crippen LogP contribution in [0.5, 0.6) is 0 Å². The van der Waals surface area contributed by atoms with Gasteiger partial charge < -0.3 is 5.73 Å². The summed E-state index contributed by atoms with van der Waals surface area (Å²) < 4.78 is 0. The van der Waals surface area contributed by atoms with E-state index >= 15 is 0 Å². The van der Waals surface area contributed by atoms with Crippen LogP contribution in [0.3, 0.4) is 0 Å². The second kappa shape index (κ2) is 4.56. The molecular weight excluding hydrogens is 172 g/mol. The van der Waals surface area contributed by atoms with Crippen LogP contribution in [0.1, 0.15) is 31.2 Å². The molecule has 1 saturated carbocycles. The number of pyridine rings is 1. The van der Waals surface area contributed by atoms with Crippen molar-refractivity contribution in [3.05, 3.63) is 30.1 Å². The van der Waals surface area contributed by atoms with Crippen LogP contribution in [-0.4, -0.2) is 11.0 Å². The molecular formula is C12H18N2. The zero-order valence-corrected chi connectivity index (χ0v) is 8.52. The second-order valence-corrected chi connectivity index (χ2v) is 4.25. The van der Waals surface area contributed by atoms with Crippen molar-refractivity contribution >= 4 is 0 Å². The molecule has 0 aliphatic heterocycles. The Kier molecular flexibility index (Phi) is 3.14. The molecule has 2 heteroatoms. The van der Waals surface area contributed by atoms with Crippen molar-refractivity contribution in [3.8, 4) is 0 Å². The van der Waals surface area contributed by atoms with Crippen molar-refractivity contribution in [2.24, 2.45) is 11.7 Å². The molecule has 1 heterocycles. The number of hydrogen-bond acceptors (Lipinski definition) is 2. The first-order valence-corrected chi connectivity index (χ1v) is 5.51. The molecule has 0 aromatic carbocycles. The van der Waals surface area contributed by atoms with Crippen molar-refractivity contribution < 1.29 is 0 Å². The number of hydrogen-bond donors (Lipinski definition) is 1. The quantitative estimate of drug-likeness (QED) is 0.772. The fraction of sp³-hybridized carbons (Fsp3) is 0.583. The molecule has 2 nitrogen and oxygen atoms in total. The summed E-state index contributed by atoms with van der Waals surface area (Å²) in [7, 11) is 0. The first-order valence-electron chi connectivity index (χ1n) is 5.51. The Bertz CT molecular complexity index is 267. The third-order valence-electron chi connectivity index (χ3n) is 2.95. The fourth-order valence-electron chi connectivity index (χ4n) is 1.85. The first-order chi connectivity index (χ1) is 6.86. The van der Waals surface area contributed by atoms with Gasteiger partial charge in [-0.15, -0.1) is 0 Å². The van der Waals surface area contributed by atoms with Gasteiger partial charge in [-0.2, -0.15) is 0 Å². The smallest absolute Gasteiger partial charge is 0.0299 e. The molecule has 1 unspecified atom stereocenters. The Balaban J connectivity index is 1.67. The van der Waals surface area contributed by atoms with Gasteiger partial charge >= 0.3 is 0 Å². The van der Waals surface area contributed by atoms with Crippen molar-refractivity contribution in [3.63, 3.8) is 0 Å². The van der Waals surface area contributed by atoms with Gasteiger partial charge in [0.15, 0.2) is 0 Å². The molecule has 1 aliphatic rings. The molecule has 1 atom stereocenters. The van der Waals surface area contributed by atoms with E-state index in [4.69, 9.17) is 5.73 Å². The van der Waals surface area contributed by atoms with Crippen molar-refractivity contribution in [1.29, 1.82) is 0 Å². The van der Waals surface area contributed by atoms with Crippen molar-refractivity contribution in [1.82, 2.24) is 4.98 Å². The molecule has 0 bridgehead atoms. The molecule has 0 amide bonds. The topological polar surface area (TPSA) is 38.9 Å². The van der Waals surface area contributed by atoms with Crippen LogP contribution in [0.25, 0.3) is 0 Å². The number of nitrogens with zero attached hydrogens (tertiary/aromatic N) is 1. The molecule has 2 rings (SSSR count). The molecule has 0 saturated heterocycles. The molecule has 1 aliphatic carbocycles. The van der Waals surface area contributed by atoms with Crippen LogP contribution in [0.15, 0.2) is 24.5 Å². The standard InChI is InChI=1S/C12H18N2/c13-12(11-6-7-11)5-1-3-10-4-2-8-14-9-10/h2,4,8-9,11-12H,1,3,5-7,13H2. The normalized spacial score (nSPS) is 18.1. The van der Waals surface area contributed by atoms with Gasteiger partial charge in [0.2, 0.25) is 0 Å². The van der Waals surface area contributed by atoms with E-state index in [0.29, 0.717) is 6.04 Å². The lowest BCUT2D eigenvalue weighted by Crippen LogP contribution is -2.22. The lowest BCUT2D eigenvalue weighted by atomic mass is 10.0. The summed E-state index contributed by atoms with van der Waals surface area (Å²) in [5.41, 5.74) is 7.36. The summed E-state index contributed by atoms with van der Waals surface area (Å²) in [6, 6.07) is 4.58. The van der Waals surface area contributed by atoms with Crippen molar-refractivity contribution in [2.75, 3.05) is 0 Å². The first kappa shape index (κ1) is 9.66. The number of nitrogens with two attached hydrogens (primary N) is 1.